The molecule has 1 fully saturated rings. The molecule has 1 saturated heterocycles. The summed E-state index contributed by atoms with van der Waals surface area (Å²) in [7, 11) is 4.27. The molecule has 1 amide bonds. The highest BCUT2D eigenvalue weighted by atomic mass is 16.1. The zero-order chi connectivity index (χ0) is 13.8. The predicted octanol–water partition coefficient (Wildman–Crippen LogP) is -0.147. The standard InChI is InChI=1S/C13H28N4O/c1-13(15,12(14)18)6-9-17(3)10-11-4-7-16(2)8-5-11/h11H,4-10,15H2,1-3H3,(H2,14,18). The average Bonchev–Trinajstić information content (AvgIpc) is 2.29. The first kappa shape index (κ1) is 15.4. The van der Waals surface area contributed by atoms with E-state index < -0.39 is 11.4 Å². The van der Waals surface area contributed by atoms with Gasteiger partial charge in [-0.25, -0.2) is 0 Å². The Labute approximate surface area is 110 Å². The van der Waals surface area contributed by atoms with E-state index in [2.05, 4.69) is 23.9 Å². The van der Waals surface area contributed by atoms with E-state index in [1.54, 1.807) is 6.92 Å². The van der Waals surface area contributed by atoms with E-state index in [9.17, 15) is 4.79 Å². The van der Waals surface area contributed by atoms with Gasteiger partial charge >= 0.3 is 0 Å². The maximum Gasteiger partial charge on any atom is 0.237 e. The number of carbonyl (C=O) groups is 1. The number of hydrogen-bond donors (Lipinski definition) is 2. The fourth-order valence-electron chi connectivity index (χ4n) is 2.32. The molecule has 1 atom stereocenters. The third-order valence-corrected chi connectivity index (χ3v) is 3.98. The van der Waals surface area contributed by atoms with Crippen LogP contribution in [0.4, 0.5) is 0 Å². The minimum absolute atomic E-state index is 0.421. The molecular formula is C13H28N4O. The maximum atomic E-state index is 11.1. The summed E-state index contributed by atoms with van der Waals surface area (Å²) in [6.07, 6.45) is 3.14. The lowest BCUT2D eigenvalue weighted by Gasteiger charge is -2.32. The topological polar surface area (TPSA) is 75.6 Å². The van der Waals surface area contributed by atoms with Crippen molar-refractivity contribution in [3.8, 4) is 0 Å². The minimum atomic E-state index is -0.888. The molecule has 1 aliphatic heterocycles. The lowest BCUT2D eigenvalue weighted by molar-refractivity contribution is -0.122. The van der Waals surface area contributed by atoms with Crippen molar-refractivity contribution in [3.05, 3.63) is 0 Å². The third kappa shape index (κ3) is 4.92. The molecule has 0 spiro atoms. The lowest BCUT2D eigenvalue weighted by atomic mass is 9.95. The summed E-state index contributed by atoms with van der Waals surface area (Å²) in [5, 5.41) is 0. The number of nitrogens with zero attached hydrogens (tertiary/aromatic N) is 2. The van der Waals surface area contributed by atoms with Crippen LogP contribution >= 0.6 is 0 Å². The van der Waals surface area contributed by atoms with Gasteiger partial charge in [-0.15, -0.1) is 0 Å². The van der Waals surface area contributed by atoms with Crippen LogP contribution in [-0.2, 0) is 4.79 Å². The molecule has 0 aromatic rings. The van der Waals surface area contributed by atoms with Crippen molar-refractivity contribution in [1.29, 1.82) is 0 Å². The second-order valence-corrected chi connectivity index (χ2v) is 6.04. The van der Waals surface area contributed by atoms with Crippen LogP contribution in [0.1, 0.15) is 26.2 Å². The molecule has 1 heterocycles. The maximum absolute atomic E-state index is 11.1. The highest BCUT2D eigenvalue weighted by Crippen LogP contribution is 2.17. The number of amides is 1. The Morgan fingerprint density at radius 3 is 2.50 bits per heavy atom. The van der Waals surface area contributed by atoms with E-state index in [0.717, 1.165) is 19.0 Å². The highest BCUT2D eigenvalue weighted by molar-refractivity contribution is 5.83. The molecule has 0 radical (unpaired) electrons. The van der Waals surface area contributed by atoms with Crippen LogP contribution in [0.15, 0.2) is 0 Å². The van der Waals surface area contributed by atoms with E-state index in [1.165, 1.54) is 25.9 Å². The van der Waals surface area contributed by atoms with E-state index in [0.29, 0.717) is 6.42 Å². The van der Waals surface area contributed by atoms with Gasteiger partial charge in [0.1, 0.15) is 0 Å². The van der Waals surface area contributed by atoms with E-state index in [1.807, 2.05) is 0 Å². The molecular weight excluding hydrogens is 228 g/mol. The molecule has 0 bridgehead atoms. The monoisotopic (exact) mass is 256 g/mol. The Morgan fingerprint density at radius 2 is 2.00 bits per heavy atom. The Kier molecular flexibility index (Phi) is 5.56. The molecule has 1 rings (SSSR count). The first-order valence-electron chi connectivity index (χ1n) is 6.77. The largest absolute Gasteiger partial charge is 0.368 e. The van der Waals surface area contributed by atoms with Crippen LogP contribution in [0.5, 0.6) is 0 Å². The van der Waals surface area contributed by atoms with Gasteiger partial charge in [-0.3, -0.25) is 4.79 Å². The quantitative estimate of drug-likeness (QED) is 0.693. The summed E-state index contributed by atoms with van der Waals surface area (Å²) >= 11 is 0. The van der Waals surface area contributed by atoms with Crippen LogP contribution < -0.4 is 11.5 Å². The number of rotatable bonds is 6. The highest BCUT2D eigenvalue weighted by Gasteiger charge is 2.26. The van der Waals surface area contributed by atoms with E-state index in [4.69, 9.17) is 11.5 Å². The molecule has 4 N–H and O–H groups in total. The first-order valence-corrected chi connectivity index (χ1v) is 6.77. The molecule has 1 aliphatic rings. The van der Waals surface area contributed by atoms with Gasteiger partial charge in [0.2, 0.25) is 5.91 Å². The number of hydrogen-bond acceptors (Lipinski definition) is 4. The summed E-state index contributed by atoms with van der Waals surface area (Å²) in [6, 6.07) is 0. The SMILES string of the molecule is CN1CCC(CN(C)CCC(C)(N)C(N)=O)CC1. The van der Waals surface area contributed by atoms with Gasteiger partial charge in [-0.1, -0.05) is 0 Å². The zero-order valence-corrected chi connectivity index (χ0v) is 12.0. The van der Waals surface area contributed by atoms with Crippen molar-refractivity contribution in [2.75, 3.05) is 40.3 Å². The fraction of sp³-hybridized carbons (Fsp3) is 0.923. The summed E-state index contributed by atoms with van der Waals surface area (Å²) in [4.78, 5) is 15.8. The van der Waals surface area contributed by atoms with Crippen molar-refractivity contribution in [1.82, 2.24) is 9.80 Å². The van der Waals surface area contributed by atoms with Crippen molar-refractivity contribution in [2.45, 2.75) is 31.7 Å². The van der Waals surface area contributed by atoms with Gasteiger partial charge in [-0.05, 0) is 59.3 Å². The summed E-state index contributed by atoms with van der Waals surface area (Å²) in [6.45, 7) is 5.99. The van der Waals surface area contributed by atoms with Crippen molar-refractivity contribution in [3.63, 3.8) is 0 Å². The number of carbonyl (C=O) groups excluding carboxylic acids is 1. The van der Waals surface area contributed by atoms with Crippen LogP contribution in [0.25, 0.3) is 0 Å². The molecule has 5 nitrogen and oxygen atoms in total. The van der Waals surface area contributed by atoms with Gasteiger partial charge in [0.15, 0.2) is 0 Å². The van der Waals surface area contributed by atoms with Gasteiger partial charge in [0.25, 0.3) is 0 Å². The number of primary amides is 1. The van der Waals surface area contributed by atoms with Gasteiger partial charge < -0.3 is 21.3 Å². The van der Waals surface area contributed by atoms with E-state index >= 15 is 0 Å². The molecule has 106 valence electrons. The van der Waals surface area contributed by atoms with Crippen LogP contribution in [-0.4, -0.2) is 61.5 Å². The molecule has 0 aromatic heterocycles. The molecule has 5 heteroatoms. The lowest BCUT2D eigenvalue weighted by Crippen LogP contribution is -2.51. The normalized spacial score (nSPS) is 22.1. The second kappa shape index (κ2) is 6.50. The summed E-state index contributed by atoms with van der Waals surface area (Å²) in [5.74, 6) is 0.346. The van der Waals surface area contributed by atoms with Gasteiger partial charge in [-0.2, -0.15) is 0 Å². The van der Waals surface area contributed by atoms with Crippen LogP contribution in [0.3, 0.4) is 0 Å². The third-order valence-electron chi connectivity index (χ3n) is 3.98. The van der Waals surface area contributed by atoms with Gasteiger partial charge in [0.05, 0.1) is 5.54 Å². The summed E-state index contributed by atoms with van der Waals surface area (Å²) in [5.41, 5.74) is 10.2. The van der Waals surface area contributed by atoms with Crippen LogP contribution in [0, 0.1) is 5.92 Å². The first-order chi connectivity index (χ1) is 8.31. The Morgan fingerprint density at radius 1 is 1.44 bits per heavy atom. The van der Waals surface area contributed by atoms with Crippen molar-refractivity contribution >= 4 is 5.91 Å². The van der Waals surface area contributed by atoms with Crippen molar-refractivity contribution in [2.24, 2.45) is 17.4 Å². The molecule has 0 saturated carbocycles. The number of piperidine rings is 1. The Balaban J connectivity index is 2.25. The average molecular weight is 256 g/mol. The Bertz CT molecular complexity index is 272. The molecule has 0 aliphatic carbocycles. The smallest absolute Gasteiger partial charge is 0.237 e. The molecule has 18 heavy (non-hydrogen) atoms. The minimum Gasteiger partial charge on any atom is -0.368 e. The molecule has 0 aromatic carbocycles. The predicted molar refractivity (Wildman–Crippen MR) is 74.1 cm³/mol. The number of likely N-dealkylation sites (tertiary alicyclic amines) is 1. The fourth-order valence-corrected chi connectivity index (χ4v) is 2.32. The molecule has 1 unspecified atom stereocenters. The Hall–Kier alpha value is -0.650. The second-order valence-electron chi connectivity index (χ2n) is 6.04. The summed E-state index contributed by atoms with van der Waals surface area (Å²) < 4.78 is 0. The van der Waals surface area contributed by atoms with Crippen molar-refractivity contribution < 1.29 is 4.79 Å². The van der Waals surface area contributed by atoms with Crippen LogP contribution in [0.2, 0.25) is 0 Å². The van der Waals surface area contributed by atoms with Gasteiger partial charge in [0, 0.05) is 13.1 Å². The van der Waals surface area contributed by atoms with E-state index in [-0.39, 0.29) is 0 Å². The zero-order valence-electron chi connectivity index (χ0n) is 12.0. The number of nitrogens with two attached hydrogens (primary N) is 2.